The lowest BCUT2D eigenvalue weighted by atomic mass is 10.1. The lowest BCUT2D eigenvalue weighted by molar-refractivity contribution is 0.0601. The van der Waals surface area contributed by atoms with Crippen molar-refractivity contribution in [3.63, 3.8) is 0 Å². The van der Waals surface area contributed by atoms with Crippen LogP contribution in [-0.2, 0) is 4.74 Å². The van der Waals surface area contributed by atoms with Gasteiger partial charge in [0.1, 0.15) is 0 Å². The van der Waals surface area contributed by atoms with E-state index in [0.717, 1.165) is 12.2 Å². The van der Waals surface area contributed by atoms with Crippen LogP contribution in [0, 0.1) is 0 Å². The summed E-state index contributed by atoms with van der Waals surface area (Å²) in [5.41, 5.74) is 7.76. The molecule has 0 amide bonds. The van der Waals surface area contributed by atoms with Gasteiger partial charge in [-0.1, -0.05) is 0 Å². The van der Waals surface area contributed by atoms with Gasteiger partial charge in [0, 0.05) is 11.3 Å². The van der Waals surface area contributed by atoms with Gasteiger partial charge >= 0.3 is 5.97 Å². The molecule has 100 valence electrons. The number of nitrogen functional groups attached to an aromatic ring is 1. The number of methoxy groups -OCH3 is 1. The molecule has 0 aromatic heterocycles. The van der Waals surface area contributed by atoms with Crippen LogP contribution >= 0.6 is 11.8 Å². The lowest BCUT2D eigenvalue weighted by Crippen LogP contribution is -2.26. The fourth-order valence-electron chi connectivity index (χ4n) is 1.35. The second kappa shape index (κ2) is 6.00. The van der Waals surface area contributed by atoms with Crippen molar-refractivity contribution in [3.05, 3.63) is 23.8 Å². The summed E-state index contributed by atoms with van der Waals surface area (Å²) in [6, 6.07) is 5.13. The largest absolute Gasteiger partial charge is 0.465 e. The van der Waals surface area contributed by atoms with E-state index in [1.165, 1.54) is 7.11 Å². The lowest BCUT2D eigenvalue weighted by Gasteiger charge is -2.23. The van der Waals surface area contributed by atoms with Crippen LogP contribution in [0.3, 0.4) is 0 Å². The van der Waals surface area contributed by atoms with Gasteiger partial charge in [-0.3, -0.25) is 0 Å². The topological polar surface area (TPSA) is 64.3 Å². The van der Waals surface area contributed by atoms with E-state index in [0.29, 0.717) is 11.3 Å². The van der Waals surface area contributed by atoms with Crippen molar-refractivity contribution in [2.75, 3.05) is 31.0 Å². The minimum atomic E-state index is -0.377. The van der Waals surface area contributed by atoms with Crippen LogP contribution < -0.4 is 11.1 Å². The third kappa shape index (κ3) is 3.84. The third-order valence-corrected chi connectivity index (χ3v) is 3.98. The first-order valence-corrected chi connectivity index (χ1v) is 6.89. The first-order chi connectivity index (χ1) is 8.39. The number of ether oxygens (including phenoxy) is 1. The Balaban J connectivity index is 2.77. The maximum Gasteiger partial charge on any atom is 0.337 e. The minimum Gasteiger partial charge on any atom is -0.465 e. The molecule has 0 aliphatic rings. The van der Waals surface area contributed by atoms with Crippen molar-refractivity contribution in [3.8, 4) is 0 Å². The number of rotatable bonds is 5. The predicted octanol–water partition coefficient (Wildman–Crippen LogP) is 2.61. The third-order valence-electron chi connectivity index (χ3n) is 2.73. The average Bonchev–Trinajstić information content (AvgIpc) is 2.36. The average molecular weight is 268 g/mol. The van der Waals surface area contributed by atoms with Crippen LogP contribution in [0.4, 0.5) is 11.4 Å². The maximum atomic E-state index is 11.3. The summed E-state index contributed by atoms with van der Waals surface area (Å²) in [7, 11) is 1.35. The first kappa shape index (κ1) is 14.7. The van der Waals surface area contributed by atoms with E-state index in [1.807, 2.05) is 0 Å². The number of anilines is 2. The second-order valence-electron chi connectivity index (χ2n) is 4.61. The van der Waals surface area contributed by atoms with Crippen LogP contribution in [-0.4, -0.2) is 30.6 Å². The zero-order valence-electron chi connectivity index (χ0n) is 11.2. The molecule has 0 bridgehead atoms. The molecule has 0 fully saturated rings. The molecule has 0 aliphatic carbocycles. The van der Waals surface area contributed by atoms with E-state index < -0.39 is 0 Å². The number of hydrogen-bond donors (Lipinski definition) is 2. The molecule has 0 atom stereocenters. The van der Waals surface area contributed by atoms with Crippen LogP contribution in [0.5, 0.6) is 0 Å². The number of nitrogens with one attached hydrogen (secondary N) is 1. The fourth-order valence-corrected chi connectivity index (χ4v) is 1.57. The number of carbonyl (C=O) groups excluding carboxylic acids is 1. The summed E-state index contributed by atoms with van der Waals surface area (Å²) < 4.78 is 4.78. The summed E-state index contributed by atoms with van der Waals surface area (Å²) in [5, 5.41) is 3.29. The zero-order valence-corrected chi connectivity index (χ0v) is 12.1. The van der Waals surface area contributed by atoms with Gasteiger partial charge in [0.05, 0.1) is 24.0 Å². The van der Waals surface area contributed by atoms with E-state index >= 15 is 0 Å². The molecule has 4 nitrogen and oxygen atoms in total. The number of nitrogens with two attached hydrogens (primary N) is 1. The minimum absolute atomic E-state index is 0.132. The molecule has 18 heavy (non-hydrogen) atoms. The van der Waals surface area contributed by atoms with Crippen molar-refractivity contribution in [2.24, 2.45) is 0 Å². The van der Waals surface area contributed by atoms with E-state index in [1.54, 1.807) is 30.0 Å². The summed E-state index contributed by atoms with van der Waals surface area (Å²) in [4.78, 5) is 11.3. The molecule has 0 saturated carbocycles. The fraction of sp³-hybridized carbons (Fsp3) is 0.462. The number of benzene rings is 1. The van der Waals surface area contributed by atoms with Crippen molar-refractivity contribution in [2.45, 2.75) is 18.6 Å². The molecule has 1 aromatic rings. The second-order valence-corrected chi connectivity index (χ2v) is 6.12. The summed E-state index contributed by atoms with van der Waals surface area (Å²) in [6.07, 6.45) is 2.07. The van der Waals surface area contributed by atoms with Gasteiger partial charge in [-0.25, -0.2) is 4.79 Å². The van der Waals surface area contributed by atoms with Crippen molar-refractivity contribution < 1.29 is 9.53 Å². The highest BCUT2D eigenvalue weighted by atomic mass is 32.2. The maximum absolute atomic E-state index is 11.3. The monoisotopic (exact) mass is 268 g/mol. The number of carbonyl (C=O) groups is 1. The standard InChI is InChI=1S/C13H20N2O2S/c1-13(2,18-4)8-15-11-6-5-9(7-10(11)14)12(16)17-3/h5-7,15H,8,14H2,1-4H3. The molecule has 0 heterocycles. The quantitative estimate of drug-likeness (QED) is 0.635. The molecule has 1 rings (SSSR count). The van der Waals surface area contributed by atoms with E-state index in [-0.39, 0.29) is 10.7 Å². The normalized spacial score (nSPS) is 11.1. The highest BCUT2D eigenvalue weighted by molar-refractivity contribution is 7.99. The van der Waals surface area contributed by atoms with Gasteiger partial charge in [-0.05, 0) is 38.3 Å². The molecule has 3 N–H and O–H groups in total. The van der Waals surface area contributed by atoms with Crippen LogP contribution in [0.2, 0.25) is 0 Å². The predicted molar refractivity (Wildman–Crippen MR) is 78.3 cm³/mol. The van der Waals surface area contributed by atoms with Gasteiger partial charge in [-0.2, -0.15) is 11.8 Å². The molecule has 5 heteroatoms. The van der Waals surface area contributed by atoms with Gasteiger partial charge in [0.15, 0.2) is 0 Å². The Hall–Kier alpha value is -1.36. The van der Waals surface area contributed by atoms with Gasteiger partial charge < -0.3 is 15.8 Å². The van der Waals surface area contributed by atoms with E-state index in [2.05, 4.69) is 30.2 Å². The van der Waals surface area contributed by atoms with Gasteiger partial charge in [0.2, 0.25) is 0 Å². The molecule has 0 unspecified atom stereocenters. The highest BCUT2D eigenvalue weighted by Crippen LogP contribution is 2.25. The zero-order chi connectivity index (χ0) is 13.8. The van der Waals surface area contributed by atoms with E-state index in [9.17, 15) is 4.79 Å². The summed E-state index contributed by atoms with van der Waals surface area (Å²) >= 11 is 1.79. The number of hydrogen-bond acceptors (Lipinski definition) is 5. The molecule has 0 aliphatic heterocycles. The summed E-state index contributed by atoms with van der Waals surface area (Å²) in [5.74, 6) is -0.377. The van der Waals surface area contributed by atoms with Gasteiger partial charge in [-0.15, -0.1) is 0 Å². The van der Waals surface area contributed by atoms with Crippen LogP contribution in [0.15, 0.2) is 18.2 Å². The van der Waals surface area contributed by atoms with Gasteiger partial charge in [0.25, 0.3) is 0 Å². The summed E-state index contributed by atoms with van der Waals surface area (Å²) in [6.45, 7) is 5.11. The molecule has 0 radical (unpaired) electrons. The van der Waals surface area contributed by atoms with Crippen molar-refractivity contribution in [1.29, 1.82) is 0 Å². The Labute approximate surface area is 112 Å². The molecular formula is C13H20N2O2S. The Morgan fingerprint density at radius 3 is 2.67 bits per heavy atom. The van der Waals surface area contributed by atoms with Crippen molar-refractivity contribution in [1.82, 2.24) is 0 Å². The molecule has 0 spiro atoms. The SMILES string of the molecule is COC(=O)c1ccc(NCC(C)(C)SC)c(N)c1. The Kier molecular flexibility index (Phi) is 4.90. The molecule has 0 saturated heterocycles. The highest BCUT2D eigenvalue weighted by Gasteiger charge is 2.16. The Morgan fingerprint density at radius 2 is 2.17 bits per heavy atom. The van der Waals surface area contributed by atoms with E-state index in [4.69, 9.17) is 5.73 Å². The van der Waals surface area contributed by atoms with Crippen LogP contribution in [0.25, 0.3) is 0 Å². The number of thioether (sulfide) groups is 1. The molecular weight excluding hydrogens is 248 g/mol. The van der Waals surface area contributed by atoms with Crippen LogP contribution in [0.1, 0.15) is 24.2 Å². The Morgan fingerprint density at radius 1 is 1.50 bits per heavy atom. The Bertz CT molecular complexity index is 433. The van der Waals surface area contributed by atoms with Crippen molar-refractivity contribution >= 4 is 29.1 Å². The molecule has 1 aromatic carbocycles. The number of esters is 1. The smallest absolute Gasteiger partial charge is 0.337 e. The first-order valence-electron chi connectivity index (χ1n) is 5.66.